The molecule has 0 rings (SSSR count). The predicted octanol–water partition coefficient (Wildman–Crippen LogP) is 23.5. The summed E-state index contributed by atoms with van der Waals surface area (Å²) in [6.45, 7) is 6.39. The number of hydrogen-bond donors (Lipinski definition) is 0. The van der Waals surface area contributed by atoms with Crippen LogP contribution in [0.15, 0.2) is 146 Å². The van der Waals surface area contributed by atoms with E-state index in [2.05, 4.69) is 167 Å². The Bertz CT molecular complexity index is 1780. The number of ether oxygens (including phenoxy) is 3. The summed E-state index contributed by atoms with van der Waals surface area (Å²) in [4.78, 5) is 38.4. The maximum Gasteiger partial charge on any atom is 0.306 e. The zero-order valence-electron chi connectivity index (χ0n) is 53.2. The van der Waals surface area contributed by atoms with Gasteiger partial charge < -0.3 is 14.2 Å². The molecule has 1 unspecified atom stereocenters. The average Bonchev–Trinajstić information content (AvgIpc) is 3.47. The molecule has 82 heavy (non-hydrogen) atoms. The van der Waals surface area contributed by atoms with E-state index in [9.17, 15) is 14.4 Å². The number of rotatable bonds is 60. The normalized spacial score (nSPS) is 13.1. The molecule has 0 amide bonds. The second-order valence-electron chi connectivity index (χ2n) is 22.0. The third-order valence-electron chi connectivity index (χ3n) is 14.1. The molecular formula is C76H124O6. The van der Waals surface area contributed by atoms with Gasteiger partial charge in [-0.2, -0.15) is 0 Å². The van der Waals surface area contributed by atoms with Crippen LogP contribution in [-0.4, -0.2) is 37.2 Å². The van der Waals surface area contributed by atoms with Crippen LogP contribution in [0.25, 0.3) is 0 Å². The number of carbonyl (C=O) groups excluding carboxylic acids is 3. The van der Waals surface area contributed by atoms with Crippen LogP contribution in [0.4, 0.5) is 0 Å². The lowest BCUT2D eigenvalue weighted by atomic mass is 10.0. The lowest BCUT2D eigenvalue weighted by molar-refractivity contribution is -0.167. The van der Waals surface area contributed by atoms with Crippen molar-refractivity contribution in [3.63, 3.8) is 0 Å². The summed E-state index contributed by atoms with van der Waals surface area (Å²) in [5, 5.41) is 0. The molecule has 464 valence electrons. The Kier molecular flexibility index (Phi) is 64.8. The second-order valence-corrected chi connectivity index (χ2v) is 22.0. The fourth-order valence-electron chi connectivity index (χ4n) is 9.10. The molecule has 6 heteroatoms. The zero-order chi connectivity index (χ0) is 59.2. The molecule has 6 nitrogen and oxygen atoms in total. The van der Waals surface area contributed by atoms with E-state index in [1.54, 1.807) is 0 Å². The molecule has 0 aliphatic heterocycles. The van der Waals surface area contributed by atoms with Crippen molar-refractivity contribution in [2.75, 3.05) is 13.2 Å². The number of carbonyl (C=O) groups is 3. The van der Waals surface area contributed by atoms with Crippen LogP contribution in [0, 0.1) is 0 Å². The summed E-state index contributed by atoms with van der Waals surface area (Å²) in [6, 6.07) is 0. The molecule has 0 radical (unpaired) electrons. The molecular weight excluding hydrogens is 1010 g/mol. The minimum atomic E-state index is -0.803. The molecule has 0 saturated heterocycles. The fraction of sp³-hybridized carbons (Fsp3) is 0.645. The van der Waals surface area contributed by atoms with Gasteiger partial charge in [0.1, 0.15) is 13.2 Å². The van der Waals surface area contributed by atoms with Crippen molar-refractivity contribution >= 4 is 17.9 Å². The highest BCUT2D eigenvalue weighted by Crippen LogP contribution is 2.16. The lowest BCUT2D eigenvalue weighted by Gasteiger charge is -2.18. The molecule has 0 heterocycles. The van der Waals surface area contributed by atoms with Crippen LogP contribution in [0.5, 0.6) is 0 Å². The van der Waals surface area contributed by atoms with Gasteiger partial charge >= 0.3 is 17.9 Å². The van der Waals surface area contributed by atoms with E-state index in [4.69, 9.17) is 14.2 Å². The van der Waals surface area contributed by atoms with Crippen molar-refractivity contribution in [2.24, 2.45) is 0 Å². The Morgan fingerprint density at radius 1 is 0.256 bits per heavy atom. The van der Waals surface area contributed by atoms with Gasteiger partial charge in [0.05, 0.1) is 0 Å². The third-order valence-corrected chi connectivity index (χ3v) is 14.1. The van der Waals surface area contributed by atoms with Crippen molar-refractivity contribution in [1.82, 2.24) is 0 Å². The lowest BCUT2D eigenvalue weighted by Crippen LogP contribution is -2.30. The summed E-state index contributed by atoms with van der Waals surface area (Å²) in [5.41, 5.74) is 0. The van der Waals surface area contributed by atoms with Crippen molar-refractivity contribution in [1.29, 1.82) is 0 Å². The SMILES string of the molecule is CC/C=C\C/C=C\C/C=C\C/C=C\C/C=C\C/C=C\C/C=C\C/C=C\CCCCC(=O)OCC(COC(=O)CCCCCCCCCCCCCC)OC(=O)CCCCCCCCCCCCCC/C=C\C/C=C\C/C=C\C/C=C\CC. The minimum Gasteiger partial charge on any atom is -0.462 e. The molecule has 0 aliphatic carbocycles. The predicted molar refractivity (Wildman–Crippen MR) is 357 cm³/mol. The number of esters is 3. The van der Waals surface area contributed by atoms with E-state index < -0.39 is 6.10 Å². The summed E-state index contributed by atoms with van der Waals surface area (Å²) >= 11 is 0. The molecule has 1 atom stereocenters. The van der Waals surface area contributed by atoms with E-state index in [1.165, 1.54) is 122 Å². The van der Waals surface area contributed by atoms with Gasteiger partial charge in [-0.05, 0) is 122 Å². The topological polar surface area (TPSA) is 78.9 Å². The molecule has 0 aromatic heterocycles. The Labute approximate surface area is 506 Å². The van der Waals surface area contributed by atoms with Gasteiger partial charge in [0.25, 0.3) is 0 Å². The second kappa shape index (κ2) is 68.8. The maximum atomic E-state index is 12.9. The van der Waals surface area contributed by atoms with Crippen molar-refractivity contribution in [2.45, 2.75) is 303 Å². The summed E-state index contributed by atoms with van der Waals surface area (Å²) in [7, 11) is 0. The molecule has 0 spiro atoms. The molecule has 0 saturated carbocycles. The van der Waals surface area contributed by atoms with Crippen LogP contribution in [0.1, 0.15) is 297 Å². The van der Waals surface area contributed by atoms with Gasteiger partial charge in [0.2, 0.25) is 0 Å². The first-order valence-corrected chi connectivity index (χ1v) is 33.8. The smallest absolute Gasteiger partial charge is 0.306 e. The highest BCUT2D eigenvalue weighted by atomic mass is 16.6. The van der Waals surface area contributed by atoms with Gasteiger partial charge in [-0.1, -0.05) is 301 Å². The van der Waals surface area contributed by atoms with Crippen molar-refractivity contribution in [3.05, 3.63) is 146 Å². The van der Waals surface area contributed by atoms with Gasteiger partial charge in [0, 0.05) is 19.3 Å². The van der Waals surface area contributed by atoms with Crippen LogP contribution in [0.2, 0.25) is 0 Å². The number of hydrogen-bond acceptors (Lipinski definition) is 6. The summed E-state index contributed by atoms with van der Waals surface area (Å²) < 4.78 is 16.9. The minimum absolute atomic E-state index is 0.0945. The molecule has 0 N–H and O–H groups in total. The maximum absolute atomic E-state index is 12.9. The first-order valence-electron chi connectivity index (χ1n) is 33.8. The molecule has 0 bridgehead atoms. The molecule has 0 aromatic rings. The zero-order valence-corrected chi connectivity index (χ0v) is 53.2. The van der Waals surface area contributed by atoms with Crippen LogP contribution < -0.4 is 0 Å². The Morgan fingerprint density at radius 2 is 0.476 bits per heavy atom. The molecule has 0 aliphatic rings. The Morgan fingerprint density at radius 3 is 0.768 bits per heavy atom. The van der Waals surface area contributed by atoms with E-state index >= 15 is 0 Å². The standard InChI is InChI=1S/C76H124O6/c1-4-7-10-13-16-19-22-25-27-29-31-33-35-37-38-40-41-43-45-47-49-51-54-57-60-63-66-69-75(78)81-72-73(71-80-74(77)68-65-62-59-56-53-24-21-18-15-12-9-6-3)82-76(79)70-67-64-61-58-55-52-50-48-46-44-42-39-36-34-32-30-28-26-23-20-17-14-11-8-5-2/h7-8,10-11,16-17,19-20,25-28,31-34,37-38,41,43,47,49,54,57,73H,4-6,9,12-15,18,21-24,29-30,35-36,39-40,42,44-46,48,50-53,55-56,58-72H2,1-3H3/b10-7-,11-8-,19-16-,20-17-,27-25-,28-26-,33-31-,34-32-,38-37-,43-41-,49-47-,57-54-. The molecule has 0 aromatic carbocycles. The van der Waals surface area contributed by atoms with Crippen LogP contribution >= 0.6 is 0 Å². The summed E-state index contributed by atoms with van der Waals surface area (Å²) in [5.74, 6) is -0.938. The van der Waals surface area contributed by atoms with Crippen molar-refractivity contribution < 1.29 is 28.6 Å². The van der Waals surface area contributed by atoms with Gasteiger partial charge in [-0.25, -0.2) is 0 Å². The van der Waals surface area contributed by atoms with Crippen molar-refractivity contribution in [3.8, 4) is 0 Å². The first-order chi connectivity index (χ1) is 40.5. The monoisotopic (exact) mass is 1130 g/mol. The largest absolute Gasteiger partial charge is 0.462 e. The van der Waals surface area contributed by atoms with Gasteiger partial charge in [-0.3, -0.25) is 14.4 Å². The average molecular weight is 1130 g/mol. The number of allylic oxidation sites excluding steroid dienone is 24. The molecule has 0 fully saturated rings. The highest BCUT2D eigenvalue weighted by molar-refractivity contribution is 5.71. The first kappa shape index (κ1) is 77.3. The van der Waals surface area contributed by atoms with Gasteiger partial charge in [0.15, 0.2) is 6.10 Å². The third kappa shape index (κ3) is 66.1. The van der Waals surface area contributed by atoms with Crippen LogP contribution in [0.3, 0.4) is 0 Å². The quantitative estimate of drug-likeness (QED) is 0.0261. The number of unbranched alkanes of at least 4 members (excludes halogenated alkanes) is 25. The van der Waals surface area contributed by atoms with E-state index in [0.717, 1.165) is 128 Å². The van der Waals surface area contributed by atoms with E-state index in [0.29, 0.717) is 25.7 Å². The summed E-state index contributed by atoms with van der Waals surface area (Å²) in [6.07, 6.45) is 98.6. The van der Waals surface area contributed by atoms with Crippen LogP contribution in [-0.2, 0) is 28.6 Å². The Hall–Kier alpha value is -4.71. The van der Waals surface area contributed by atoms with E-state index in [1.807, 2.05) is 0 Å². The van der Waals surface area contributed by atoms with Gasteiger partial charge in [-0.15, -0.1) is 0 Å². The fourth-order valence-corrected chi connectivity index (χ4v) is 9.10. The van der Waals surface area contributed by atoms with E-state index in [-0.39, 0.29) is 31.1 Å². The Balaban J connectivity index is 4.39. The highest BCUT2D eigenvalue weighted by Gasteiger charge is 2.19.